The number of hydrogen-bond donors (Lipinski definition) is 1. The average Bonchev–Trinajstić information content (AvgIpc) is 3.04. The zero-order chi connectivity index (χ0) is 12.3. The van der Waals surface area contributed by atoms with Crippen LogP contribution in [0.15, 0.2) is 12.1 Å². The Kier molecular flexibility index (Phi) is 4.86. The molecule has 0 spiro atoms. The highest BCUT2D eigenvalue weighted by Gasteiger charge is 2.36. The topological polar surface area (TPSA) is 21.3 Å². The Bertz CT molecular complexity index is 351. The van der Waals surface area contributed by atoms with E-state index in [1.54, 1.807) is 11.3 Å². The zero-order valence-electron chi connectivity index (χ0n) is 10.4. The molecule has 1 heterocycles. The van der Waals surface area contributed by atoms with Gasteiger partial charge in [-0.3, -0.25) is 0 Å². The van der Waals surface area contributed by atoms with Gasteiger partial charge in [0, 0.05) is 18.0 Å². The molecule has 0 aromatic carbocycles. The molecule has 96 valence electrons. The summed E-state index contributed by atoms with van der Waals surface area (Å²) in [5, 5.41) is 3.55. The van der Waals surface area contributed by atoms with Crippen LogP contribution in [-0.2, 0) is 11.2 Å². The van der Waals surface area contributed by atoms with Crippen LogP contribution in [0.1, 0.15) is 24.6 Å². The maximum Gasteiger partial charge on any atom is 0.0931 e. The Morgan fingerprint density at radius 2 is 2.29 bits per heavy atom. The monoisotopic (exact) mass is 273 g/mol. The largest absolute Gasteiger partial charge is 0.380 e. The van der Waals surface area contributed by atoms with Gasteiger partial charge in [0.15, 0.2) is 0 Å². The summed E-state index contributed by atoms with van der Waals surface area (Å²) in [5.74, 6) is 0.750. The van der Waals surface area contributed by atoms with E-state index in [9.17, 15) is 0 Å². The van der Waals surface area contributed by atoms with Crippen LogP contribution in [0.2, 0.25) is 4.34 Å². The Hall–Kier alpha value is -0.0900. The third-order valence-corrected chi connectivity index (χ3v) is 4.53. The molecule has 0 amide bonds. The van der Waals surface area contributed by atoms with Gasteiger partial charge >= 0.3 is 0 Å². The lowest BCUT2D eigenvalue weighted by Gasteiger charge is -2.26. The van der Waals surface area contributed by atoms with Crippen molar-refractivity contribution < 1.29 is 4.74 Å². The molecule has 4 heteroatoms. The Morgan fingerprint density at radius 3 is 2.76 bits per heavy atom. The van der Waals surface area contributed by atoms with E-state index in [1.807, 2.05) is 13.2 Å². The van der Waals surface area contributed by atoms with Gasteiger partial charge in [-0.25, -0.2) is 0 Å². The van der Waals surface area contributed by atoms with Crippen molar-refractivity contribution in [1.82, 2.24) is 5.32 Å². The second-order valence-electron chi connectivity index (χ2n) is 4.61. The maximum atomic E-state index is 5.98. The first-order valence-corrected chi connectivity index (χ1v) is 7.44. The van der Waals surface area contributed by atoms with Crippen molar-refractivity contribution in [2.45, 2.75) is 38.3 Å². The van der Waals surface area contributed by atoms with Crippen molar-refractivity contribution >= 4 is 22.9 Å². The maximum absolute atomic E-state index is 5.98. The van der Waals surface area contributed by atoms with Crippen molar-refractivity contribution in [3.8, 4) is 0 Å². The number of thiophene rings is 1. The molecule has 1 aliphatic rings. The van der Waals surface area contributed by atoms with Crippen molar-refractivity contribution in [2.24, 2.45) is 5.92 Å². The molecule has 0 radical (unpaired) electrons. The van der Waals surface area contributed by atoms with Gasteiger partial charge in [0.2, 0.25) is 0 Å². The number of rotatable bonds is 7. The summed E-state index contributed by atoms with van der Waals surface area (Å²) in [7, 11) is 1.83. The lowest BCUT2D eigenvalue weighted by molar-refractivity contribution is 0.0518. The molecular formula is C13H20ClNOS. The third kappa shape index (κ3) is 3.68. The summed E-state index contributed by atoms with van der Waals surface area (Å²) in [6.07, 6.45) is 3.98. The predicted octanol–water partition coefficient (Wildman–Crippen LogP) is 3.35. The highest BCUT2D eigenvalue weighted by molar-refractivity contribution is 7.16. The molecule has 17 heavy (non-hydrogen) atoms. The molecule has 1 aromatic heterocycles. The average molecular weight is 274 g/mol. The van der Waals surface area contributed by atoms with Crippen LogP contribution in [0.3, 0.4) is 0 Å². The van der Waals surface area contributed by atoms with Gasteiger partial charge in [0.25, 0.3) is 0 Å². The van der Waals surface area contributed by atoms with Gasteiger partial charge in [-0.05, 0) is 43.9 Å². The molecule has 0 bridgehead atoms. The summed E-state index contributed by atoms with van der Waals surface area (Å²) < 4.78 is 6.55. The molecule has 1 aliphatic carbocycles. The molecule has 1 aromatic rings. The quantitative estimate of drug-likeness (QED) is 0.823. The van der Waals surface area contributed by atoms with E-state index < -0.39 is 0 Å². The van der Waals surface area contributed by atoms with Crippen LogP contribution in [0, 0.1) is 5.92 Å². The second-order valence-corrected chi connectivity index (χ2v) is 6.41. The van der Waals surface area contributed by atoms with Gasteiger partial charge in [-0.2, -0.15) is 0 Å². The van der Waals surface area contributed by atoms with Gasteiger partial charge < -0.3 is 10.1 Å². The first-order valence-electron chi connectivity index (χ1n) is 6.25. The normalized spacial score (nSPS) is 19.2. The fourth-order valence-corrected chi connectivity index (χ4v) is 3.50. The fraction of sp³-hybridized carbons (Fsp3) is 0.692. The first-order chi connectivity index (χ1) is 8.24. The lowest BCUT2D eigenvalue weighted by atomic mass is 10.0. The molecule has 2 atom stereocenters. The van der Waals surface area contributed by atoms with E-state index in [0.29, 0.717) is 12.1 Å². The highest BCUT2D eigenvalue weighted by atomic mass is 35.5. The summed E-state index contributed by atoms with van der Waals surface area (Å²) in [6.45, 7) is 3.13. The SMILES string of the molecule is CCNC(Cc1ccc(Cl)s1)C(OC)C1CC1. The van der Waals surface area contributed by atoms with Crippen LogP contribution in [-0.4, -0.2) is 25.8 Å². The van der Waals surface area contributed by atoms with Gasteiger partial charge in [0.05, 0.1) is 10.4 Å². The van der Waals surface area contributed by atoms with Crippen molar-refractivity contribution in [3.63, 3.8) is 0 Å². The summed E-state index contributed by atoms with van der Waals surface area (Å²) in [5.41, 5.74) is 0. The van der Waals surface area contributed by atoms with Crippen molar-refractivity contribution in [3.05, 3.63) is 21.3 Å². The van der Waals surface area contributed by atoms with Gasteiger partial charge in [-0.15, -0.1) is 11.3 Å². The number of methoxy groups -OCH3 is 1. The van der Waals surface area contributed by atoms with E-state index in [-0.39, 0.29) is 0 Å². The first kappa shape index (κ1) is 13.3. The molecule has 0 saturated heterocycles. The summed E-state index contributed by atoms with van der Waals surface area (Å²) >= 11 is 7.65. The van der Waals surface area contributed by atoms with Crippen LogP contribution < -0.4 is 5.32 Å². The van der Waals surface area contributed by atoms with Crippen molar-refractivity contribution in [2.75, 3.05) is 13.7 Å². The van der Waals surface area contributed by atoms with E-state index in [1.165, 1.54) is 17.7 Å². The Labute approximate surface area is 112 Å². The number of hydrogen-bond acceptors (Lipinski definition) is 3. The number of likely N-dealkylation sites (N-methyl/N-ethyl adjacent to an activating group) is 1. The van der Waals surface area contributed by atoms with Crippen molar-refractivity contribution in [1.29, 1.82) is 0 Å². The fourth-order valence-electron chi connectivity index (χ4n) is 2.35. The van der Waals surface area contributed by atoms with E-state index in [2.05, 4.69) is 18.3 Å². The Balaban J connectivity index is 2.00. The minimum atomic E-state index is 0.343. The molecule has 2 rings (SSSR count). The highest BCUT2D eigenvalue weighted by Crippen LogP contribution is 2.36. The standard InChI is InChI=1S/C13H20ClNOS/c1-3-15-11(13(16-2)9-4-5-9)8-10-6-7-12(14)17-10/h6-7,9,11,13,15H,3-5,8H2,1-2H3. The minimum Gasteiger partial charge on any atom is -0.380 e. The van der Waals surface area contributed by atoms with Crippen LogP contribution in [0.25, 0.3) is 0 Å². The van der Waals surface area contributed by atoms with Crippen LogP contribution in [0.4, 0.5) is 0 Å². The Morgan fingerprint density at radius 1 is 1.53 bits per heavy atom. The second kappa shape index (κ2) is 6.19. The molecule has 1 saturated carbocycles. The lowest BCUT2D eigenvalue weighted by Crippen LogP contribution is -2.43. The number of ether oxygens (including phenoxy) is 1. The summed E-state index contributed by atoms with van der Waals surface area (Å²) in [4.78, 5) is 1.34. The van der Waals surface area contributed by atoms with Crippen LogP contribution >= 0.6 is 22.9 Å². The smallest absolute Gasteiger partial charge is 0.0931 e. The van der Waals surface area contributed by atoms with E-state index in [0.717, 1.165) is 23.2 Å². The van der Waals surface area contributed by atoms with E-state index >= 15 is 0 Å². The zero-order valence-corrected chi connectivity index (χ0v) is 12.0. The molecule has 0 aliphatic heterocycles. The van der Waals surface area contributed by atoms with E-state index in [4.69, 9.17) is 16.3 Å². The molecule has 2 unspecified atom stereocenters. The minimum absolute atomic E-state index is 0.343. The number of nitrogens with one attached hydrogen (secondary N) is 1. The number of halogens is 1. The van der Waals surface area contributed by atoms with Gasteiger partial charge in [-0.1, -0.05) is 18.5 Å². The summed E-state index contributed by atoms with van der Waals surface area (Å²) in [6, 6.07) is 4.51. The predicted molar refractivity (Wildman–Crippen MR) is 74.0 cm³/mol. The molecule has 2 nitrogen and oxygen atoms in total. The molecular weight excluding hydrogens is 254 g/mol. The van der Waals surface area contributed by atoms with Gasteiger partial charge in [0.1, 0.15) is 0 Å². The molecule has 1 N–H and O–H groups in total. The molecule has 1 fully saturated rings. The third-order valence-electron chi connectivity index (χ3n) is 3.27. The van der Waals surface area contributed by atoms with Crippen LogP contribution in [0.5, 0.6) is 0 Å².